The Morgan fingerprint density at radius 3 is 2.07 bits per heavy atom. The zero-order valence-electron chi connectivity index (χ0n) is 10.4. The number of carbonyl (C=O) groups is 1. The standard InChI is InChI=1S/C11H23N3O/c1-6-12-14(13-7-2)11(15)10(5)8-9(3)4/h8-9,12-13H,6-7H2,1-5H3. The minimum atomic E-state index is -0.0209. The van der Waals surface area contributed by atoms with Gasteiger partial charge in [0.15, 0.2) is 0 Å². The van der Waals surface area contributed by atoms with Crippen LogP contribution in [0.3, 0.4) is 0 Å². The summed E-state index contributed by atoms with van der Waals surface area (Å²) in [4.78, 5) is 11.9. The SMILES string of the molecule is CCNN(NCC)C(=O)C(C)=CC(C)C. The van der Waals surface area contributed by atoms with E-state index in [1.807, 2.05) is 26.8 Å². The summed E-state index contributed by atoms with van der Waals surface area (Å²) in [6.45, 7) is 11.3. The van der Waals surface area contributed by atoms with Gasteiger partial charge in [-0.05, 0) is 12.8 Å². The molecule has 0 aliphatic carbocycles. The van der Waals surface area contributed by atoms with Crippen molar-refractivity contribution in [3.05, 3.63) is 11.6 Å². The third-order valence-corrected chi connectivity index (χ3v) is 1.76. The lowest BCUT2D eigenvalue weighted by Gasteiger charge is -2.23. The van der Waals surface area contributed by atoms with Crippen LogP contribution < -0.4 is 10.9 Å². The van der Waals surface area contributed by atoms with Gasteiger partial charge in [-0.2, -0.15) is 0 Å². The van der Waals surface area contributed by atoms with Crippen molar-refractivity contribution in [1.82, 2.24) is 16.0 Å². The maximum Gasteiger partial charge on any atom is 0.278 e. The molecule has 0 rings (SSSR count). The van der Waals surface area contributed by atoms with Gasteiger partial charge >= 0.3 is 0 Å². The average molecular weight is 213 g/mol. The Hall–Kier alpha value is -0.870. The molecular formula is C11H23N3O. The fourth-order valence-electron chi connectivity index (χ4n) is 1.26. The molecule has 0 aromatic heterocycles. The van der Waals surface area contributed by atoms with Gasteiger partial charge in [0, 0.05) is 18.7 Å². The number of nitrogens with one attached hydrogen (secondary N) is 2. The van der Waals surface area contributed by atoms with E-state index in [1.165, 1.54) is 5.12 Å². The molecule has 0 aliphatic rings. The van der Waals surface area contributed by atoms with Crippen LogP contribution in [0.25, 0.3) is 0 Å². The maximum absolute atomic E-state index is 11.9. The number of amides is 1. The van der Waals surface area contributed by atoms with E-state index in [1.54, 1.807) is 0 Å². The molecule has 0 radical (unpaired) electrons. The van der Waals surface area contributed by atoms with Crippen LogP contribution in [0.5, 0.6) is 0 Å². The van der Waals surface area contributed by atoms with Crippen LogP contribution >= 0.6 is 0 Å². The summed E-state index contributed by atoms with van der Waals surface area (Å²) in [7, 11) is 0. The zero-order chi connectivity index (χ0) is 11.8. The Balaban J connectivity index is 4.47. The summed E-state index contributed by atoms with van der Waals surface area (Å²) >= 11 is 0. The van der Waals surface area contributed by atoms with Crippen LogP contribution in [-0.2, 0) is 4.79 Å². The van der Waals surface area contributed by atoms with Crippen molar-refractivity contribution in [1.29, 1.82) is 0 Å². The molecule has 88 valence electrons. The molecule has 4 heteroatoms. The van der Waals surface area contributed by atoms with Crippen molar-refractivity contribution in [3.8, 4) is 0 Å². The van der Waals surface area contributed by atoms with Crippen molar-refractivity contribution in [3.63, 3.8) is 0 Å². The van der Waals surface area contributed by atoms with Gasteiger partial charge in [0.25, 0.3) is 5.91 Å². The van der Waals surface area contributed by atoms with Crippen molar-refractivity contribution in [2.75, 3.05) is 13.1 Å². The lowest BCUT2D eigenvalue weighted by atomic mass is 10.1. The van der Waals surface area contributed by atoms with Crippen molar-refractivity contribution in [2.45, 2.75) is 34.6 Å². The highest BCUT2D eigenvalue weighted by Crippen LogP contribution is 2.03. The molecule has 15 heavy (non-hydrogen) atoms. The van der Waals surface area contributed by atoms with E-state index >= 15 is 0 Å². The predicted octanol–water partition coefficient (Wildman–Crippen LogP) is 1.47. The number of allylic oxidation sites excluding steroid dienone is 1. The third kappa shape index (κ3) is 5.54. The van der Waals surface area contributed by atoms with Crippen LogP contribution in [-0.4, -0.2) is 24.1 Å². The Labute approximate surface area is 92.7 Å². The second-order valence-electron chi connectivity index (χ2n) is 3.76. The Morgan fingerprint density at radius 1 is 1.27 bits per heavy atom. The van der Waals surface area contributed by atoms with Gasteiger partial charge in [-0.3, -0.25) is 4.79 Å². The average Bonchev–Trinajstić information content (AvgIpc) is 2.15. The summed E-state index contributed by atoms with van der Waals surface area (Å²) in [5, 5.41) is 1.45. The van der Waals surface area contributed by atoms with Gasteiger partial charge < -0.3 is 0 Å². The second kappa shape index (κ2) is 7.43. The van der Waals surface area contributed by atoms with Gasteiger partial charge in [-0.25, -0.2) is 16.0 Å². The van der Waals surface area contributed by atoms with Crippen LogP contribution in [0, 0.1) is 5.92 Å². The number of rotatable bonds is 6. The van der Waals surface area contributed by atoms with E-state index in [2.05, 4.69) is 24.7 Å². The van der Waals surface area contributed by atoms with Crippen molar-refractivity contribution < 1.29 is 4.79 Å². The Morgan fingerprint density at radius 2 is 1.73 bits per heavy atom. The fourth-order valence-corrected chi connectivity index (χ4v) is 1.26. The molecule has 0 fully saturated rings. The van der Waals surface area contributed by atoms with E-state index < -0.39 is 0 Å². The second-order valence-corrected chi connectivity index (χ2v) is 3.76. The summed E-state index contributed by atoms with van der Waals surface area (Å²) in [5.41, 5.74) is 6.69. The number of hydrogen-bond donors (Lipinski definition) is 2. The maximum atomic E-state index is 11.9. The number of carbonyl (C=O) groups excluding carboxylic acids is 1. The monoisotopic (exact) mass is 213 g/mol. The van der Waals surface area contributed by atoms with Gasteiger partial charge in [-0.15, -0.1) is 0 Å². The topological polar surface area (TPSA) is 44.4 Å². The van der Waals surface area contributed by atoms with E-state index in [0.29, 0.717) is 19.0 Å². The minimum absolute atomic E-state index is 0.0209. The lowest BCUT2D eigenvalue weighted by molar-refractivity contribution is -0.134. The molecule has 2 N–H and O–H groups in total. The highest BCUT2D eigenvalue weighted by Gasteiger charge is 2.13. The van der Waals surface area contributed by atoms with Crippen LogP contribution in [0.2, 0.25) is 0 Å². The first-order chi connectivity index (χ1) is 7.02. The van der Waals surface area contributed by atoms with Gasteiger partial charge in [0.1, 0.15) is 0 Å². The van der Waals surface area contributed by atoms with Crippen LogP contribution in [0.15, 0.2) is 11.6 Å². The summed E-state index contributed by atoms with van der Waals surface area (Å²) in [5.74, 6) is 0.367. The molecule has 0 aromatic carbocycles. The molecule has 0 saturated heterocycles. The Kier molecular flexibility index (Phi) is 6.99. The zero-order valence-corrected chi connectivity index (χ0v) is 10.4. The molecule has 0 saturated carbocycles. The van der Waals surface area contributed by atoms with Gasteiger partial charge in [0.05, 0.1) is 0 Å². The highest BCUT2D eigenvalue weighted by atomic mass is 16.2. The van der Waals surface area contributed by atoms with Crippen molar-refractivity contribution in [2.24, 2.45) is 5.92 Å². The molecule has 0 spiro atoms. The van der Waals surface area contributed by atoms with Crippen LogP contribution in [0.4, 0.5) is 0 Å². The molecule has 0 aromatic rings. The third-order valence-electron chi connectivity index (χ3n) is 1.76. The quantitative estimate of drug-likeness (QED) is 0.519. The largest absolute Gasteiger partial charge is 0.278 e. The van der Waals surface area contributed by atoms with E-state index in [0.717, 1.165) is 5.57 Å². The normalized spacial score (nSPS) is 12.0. The number of nitrogens with zero attached hydrogens (tertiary/aromatic N) is 1. The Bertz CT molecular complexity index is 218. The summed E-state index contributed by atoms with van der Waals surface area (Å²) < 4.78 is 0. The van der Waals surface area contributed by atoms with E-state index in [-0.39, 0.29) is 5.91 Å². The highest BCUT2D eigenvalue weighted by molar-refractivity contribution is 5.92. The minimum Gasteiger partial charge on any atom is -0.267 e. The molecule has 0 unspecified atom stereocenters. The first-order valence-electron chi connectivity index (χ1n) is 5.52. The molecule has 0 heterocycles. The summed E-state index contributed by atoms with van der Waals surface area (Å²) in [6.07, 6.45) is 1.96. The van der Waals surface area contributed by atoms with Gasteiger partial charge in [-0.1, -0.05) is 33.8 Å². The summed E-state index contributed by atoms with van der Waals surface area (Å²) in [6, 6.07) is 0. The fraction of sp³-hybridized carbons (Fsp3) is 0.727. The predicted molar refractivity (Wildman–Crippen MR) is 62.8 cm³/mol. The van der Waals surface area contributed by atoms with Crippen molar-refractivity contribution >= 4 is 5.91 Å². The molecule has 0 atom stereocenters. The molecular weight excluding hydrogens is 190 g/mol. The number of hydrazine groups is 2. The van der Waals surface area contributed by atoms with E-state index in [4.69, 9.17) is 0 Å². The molecule has 0 bridgehead atoms. The van der Waals surface area contributed by atoms with E-state index in [9.17, 15) is 4.79 Å². The lowest BCUT2D eigenvalue weighted by Crippen LogP contribution is -2.52. The van der Waals surface area contributed by atoms with Gasteiger partial charge in [0.2, 0.25) is 0 Å². The molecule has 1 amide bonds. The number of hydrogen-bond acceptors (Lipinski definition) is 3. The smallest absolute Gasteiger partial charge is 0.267 e. The van der Waals surface area contributed by atoms with Crippen LogP contribution in [0.1, 0.15) is 34.6 Å². The molecule has 0 aliphatic heterocycles. The molecule has 4 nitrogen and oxygen atoms in total. The first-order valence-corrected chi connectivity index (χ1v) is 5.52. The first kappa shape index (κ1) is 14.1.